The third-order valence-corrected chi connectivity index (χ3v) is 3.38. The molecule has 3 aliphatic heterocycles. The minimum atomic E-state index is -0.174. The molecule has 0 saturated carbocycles. The highest BCUT2D eigenvalue weighted by molar-refractivity contribution is 5.83. The summed E-state index contributed by atoms with van der Waals surface area (Å²) in [5.41, 5.74) is 1.13. The molecule has 1 aromatic rings. The number of nitrogens with zero attached hydrogens (tertiary/aromatic N) is 1. The Hall–Kier alpha value is -1.55. The van der Waals surface area contributed by atoms with E-state index < -0.39 is 0 Å². The minimum Gasteiger partial charge on any atom is -0.497 e. The Morgan fingerprint density at radius 3 is 2.71 bits per heavy atom. The van der Waals surface area contributed by atoms with Crippen LogP contribution in [0.25, 0.3) is 0 Å². The van der Waals surface area contributed by atoms with E-state index in [9.17, 15) is 4.79 Å². The largest absolute Gasteiger partial charge is 0.497 e. The van der Waals surface area contributed by atoms with E-state index >= 15 is 0 Å². The second-order valence-electron chi connectivity index (χ2n) is 4.55. The minimum absolute atomic E-state index is 0.128. The van der Waals surface area contributed by atoms with Crippen LogP contribution in [0.4, 0.5) is 0 Å². The highest BCUT2D eigenvalue weighted by Crippen LogP contribution is 2.30. The van der Waals surface area contributed by atoms with Gasteiger partial charge in [-0.1, -0.05) is 12.1 Å². The Bertz CT molecular complexity index is 423. The summed E-state index contributed by atoms with van der Waals surface area (Å²) in [6, 6.07) is 7.82. The van der Waals surface area contributed by atoms with Gasteiger partial charge in [0.15, 0.2) is 0 Å². The zero-order valence-corrected chi connectivity index (χ0v) is 9.76. The number of rotatable bonds is 3. The SMILES string of the molecule is COc1ccc(CN2C[C@@H]3C[C@@H](O3)C2=O)cc1. The van der Waals surface area contributed by atoms with Gasteiger partial charge in [-0.25, -0.2) is 0 Å². The number of carbonyl (C=O) groups is 1. The average Bonchev–Trinajstić information content (AvgIpc) is 2.31. The molecule has 1 aromatic carbocycles. The number of fused-ring (bicyclic) bond motifs is 2. The lowest BCUT2D eigenvalue weighted by atomic mass is 9.97. The molecule has 90 valence electrons. The number of benzene rings is 1. The predicted molar refractivity (Wildman–Crippen MR) is 61.7 cm³/mol. The number of morpholine rings is 1. The molecule has 2 atom stereocenters. The van der Waals surface area contributed by atoms with Gasteiger partial charge < -0.3 is 14.4 Å². The zero-order chi connectivity index (χ0) is 11.8. The van der Waals surface area contributed by atoms with E-state index in [0.29, 0.717) is 6.54 Å². The van der Waals surface area contributed by atoms with E-state index in [1.54, 1.807) is 7.11 Å². The molecule has 0 N–H and O–H groups in total. The van der Waals surface area contributed by atoms with Gasteiger partial charge in [0, 0.05) is 19.5 Å². The molecule has 3 aliphatic rings. The molecule has 4 heteroatoms. The summed E-state index contributed by atoms with van der Waals surface area (Å²) in [4.78, 5) is 13.7. The first-order chi connectivity index (χ1) is 8.26. The van der Waals surface area contributed by atoms with Gasteiger partial charge in [-0.05, 0) is 17.7 Å². The summed E-state index contributed by atoms with van der Waals surface area (Å²) in [5, 5.41) is 0. The fourth-order valence-electron chi connectivity index (χ4n) is 2.37. The van der Waals surface area contributed by atoms with Crippen molar-refractivity contribution in [2.24, 2.45) is 0 Å². The summed E-state index contributed by atoms with van der Waals surface area (Å²) in [5.74, 6) is 0.966. The van der Waals surface area contributed by atoms with E-state index in [2.05, 4.69) is 0 Å². The Balaban J connectivity index is 1.67. The molecule has 1 amide bonds. The van der Waals surface area contributed by atoms with Gasteiger partial charge in [0.1, 0.15) is 11.9 Å². The lowest BCUT2D eigenvalue weighted by molar-refractivity contribution is -0.199. The molecule has 3 fully saturated rings. The number of carbonyl (C=O) groups excluding carboxylic acids is 1. The van der Waals surface area contributed by atoms with Gasteiger partial charge in [0.2, 0.25) is 0 Å². The molecular formula is C13H15NO3. The summed E-state index contributed by atoms with van der Waals surface area (Å²) in [6.07, 6.45) is 0.987. The highest BCUT2D eigenvalue weighted by Gasteiger charge is 2.44. The molecule has 3 saturated heterocycles. The smallest absolute Gasteiger partial charge is 0.252 e. The van der Waals surface area contributed by atoms with Crippen LogP contribution in [0.15, 0.2) is 24.3 Å². The quantitative estimate of drug-likeness (QED) is 0.787. The van der Waals surface area contributed by atoms with Gasteiger partial charge in [-0.2, -0.15) is 0 Å². The van der Waals surface area contributed by atoms with Crippen molar-refractivity contribution in [3.8, 4) is 5.75 Å². The van der Waals surface area contributed by atoms with Crippen LogP contribution in [0, 0.1) is 0 Å². The number of ether oxygens (including phenoxy) is 2. The van der Waals surface area contributed by atoms with Crippen LogP contribution in [0.3, 0.4) is 0 Å². The number of methoxy groups -OCH3 is 1. The van der Waals surface area contributed by atoms with E-state index in [-0.39, 0.29) is 18.1 Å². The number of amides is 1. The Morgan fingerprint density at radius 2 is 2.12 bits per heavy atom. The maximum absolute atomic E-state index is 11.9. The van der Waals surface area contributed by atoms with Crippen LogP contribution in [-0.4, -0.2) is 36.7 Å². The molecule has 4 nitrogen and oxygen atoms in total. The first-order valence-electron chi connectivity index (χ1n) is 5.83. The molecule has 0 radical (unpaired) electrons. The van der Waals surface area contributed by atoms with E-state index in [0.717, 1.165) is 24.3 Å². The van der Waals surface area contributed by atoms with Gasteiger partial charge in [-0.3, -0.25) is 4.79 Å². The number of piperidine rings is 1. The summed E-state index contributed by atoms with van der Waals surface area (Å²) < 4.78 is 10.5. The van der Waals surface area contributed by atoms with Crippen molar-refractivity contribution in [1.82, 2.24) is 4.90 Å². The van der Waals surface area contributed by atoms with Crippen molar-refractivity contribution in [3.63, 3.8) is 0 Å². The van der Waals surface area contributed by atoms with Crippen molar-refractivity contribution in [2.45, 2.75) is 25.2 Å². The normalized spacial score (nSPS) is 26.6. The first-order valence-corrected chi connectivity index (χ1v) is 5.83. The van der Waals surface area contributed by atoms with Crippen LogP contribution in [0.1, 0.15) is 12.0 Å². The molecular weight excluding hydrogens is 218 g/mol. The highest BCUT2D eigenvalue weighted by atomic mass is 16.5. The van der Waals surface area contributed by atoms with Crippen molar-refractivity contribution < 1.29 is 14.3 Å². The van der Waals surface area contributed by atoms with E-state index in [4.69, 9.17) is 9.47 Å². The fourth-order valence-corrected chi connectivity index (χ4v) is 2.37. The second-order valence-corrected chi connectivity index (χ2v) is 4.55. The summed E-state index contributed by atoms with van der Waals surface area (Å²) in [7, 11) is 1.65. The van der Waals surface area contributed by atoms with Crippen molar-refractivity contribution in [1.29, 1.82) is 0 Å². The molecule has 0 spiro atoms. The third-order valence-electron chi connectivity index (χ3n) is 3.38. The van der Waals surface area contributed by atoms with Gasteiger partial charge in [0.05, 0.1) is 13.2 Å². The van der Waals surface area contributed by atoms with Crippen LogP contribution in [0.5, 0.6) is 5.75 Å². The van der Waals surface area contributed by atoms with Gasteiger partial charge >= 0.3 is 0 Å². The average molecular weight is 233 g/mol. The molecule has 0 unspecified atom stereocenters. The molecule has 0 aliphatic carbocycles. The van der Waals surface area contributed by atoms with E-state index in [1.165, 1.54) is 0 Å². The van der Waals surface area contributed by atoms with Crippen LogP contribution in [0.2, 0.25) is 0 Å². The number of hydrogen-bond donors (Lipinski definition) is 0. The predicted octanol–water partition coefficient (Wildman–Crippen LogP) is 1.19. The van der Waals surface area contributed by atoms with Gasteiger partial charge in [-0.15, -0.1) is 0 Å². The third kappa shape index (κ3) is 1.89. The van der Waals surface area contributed by atoms with Crippen LogP contribution < -0.4 is 4.74 Å². The molecule has 3 heterocycles. The van der Waals surface area contributed by atoms with Crippen molar-refractivity contribution in [2.75, 3.05) is 13.7 Å². The topological polar surface area (TPSA) is 38.8 Å². The van der Waals surface area contributed by atoms with Crippen LogP contribution in [-0.2, 0) is 16.1 Å². The number of hydrogen-bond acceptors (Lipinski definition) is 3. The zero-order valence-electron chi connectivity index (χ0n) is 9.76. The standard InChI is InChI=1S/C13H15NO3/c1-16-10-4-2-9(3-5-10)7-14-8-11-6-12(17-11)13(14)15/h2-5,11-12H,6-8H2,1H3/t11-,12+/m0/s1. The summed E-state index contributed by atoms with van der Waals surface area (Å²) in [6.45, 7) is 1.39. The first kappa shape index (κ1) is 10.6. The Labute approximate surface area is 100 Å². The maximum Gasteiger partial charge on any atom is 0.252 e. The van der Waals surface area contributed by atoms with Crippen molar-refractivity contribution >= 4 is 5.91 Å². The monoisotopic (exact) mass is 233 g/mol. The summed E-state index contributed by atoms with van der Waals surface area (Å²) >= 11 is 0. The Morgan fingerprint density at radius 1 is 1.41 bits per heavy atom. The molecule has 4 rings (SSSR count). The van der Waals surface area contributed by atoms with Gasteiger partial charge in [0.25, 0.3) is 5.91 Å². The van der Waals surface area contributed by atoms with Crippen molar-refractivity contribution in [3.05, 3.63) is 29.8 Å². The lowest BCUT2D eigenvalue weighted by Gasteiger charge is -2.46. The lowest BCUT2D eigenvalue weighted by Crippen LogP contribution is -2.60. The molecule has 17 heavy (non-hydrogen) atoms. The Kier molecular flexibility index (Phi) is 2.52. The fraction of sp³-hybridized carbons (Fsp3) is 0.462. The maximum atomic E-state index is 11.9. The van der Waals surface area contributed by atoms with Crippen LogP contribution >= 0.6 is 0 Å². The van der Waals surface area contributed by atoms with E-state index in [1.807, 2.05) is 29.2 Å². The second kappa shape index (κ2) is 4.04. The molecule has 0 aromatic heterocycles. The molecule has 2 bridgehead atoms.